The van der Waals surface area contributed by atoms with Crippen molar-refractivity contribution < 1.29 is 13.5 Å². The summed E-state index contributed by atoms with van der Waals surface area (Å²) in [6, 6.07) is 4.88. The highest BCUT2D eigenvalue weighted by Crippen LogP contribution is 2.27. The van der Waals surface area contributed by atoms with Crippen LogP contribution in [0.3, 0.4) is 0 Å². The topological polar surface area (TPSA) is 35.0 Å². The van der Waals surface area contributed by atoms with E-state index < -0.39 is 11.6 Å². The average Bonchev–Trinajstić information content (AvgIpc) is 2.32. The largest absolute Gasteiger partial charge is 0.439 e. The van der Waals surface area contributed by atoms with Crippen LogP contribution in [0.1, 0.15) is 26.6 Å². The maximum atomic E-state index is 13.1. The number of nitrogens with zero attached hydrogens (tertiary/aromatic N) is 2. The highest BCUT2D eigenvalue weighted by molar-refractivity contribution is 9.10. The summed E-state index contributed by atoms with van der Waals surface area (Å²) in [6.45, 7) is 5.91. The van der Waals surface area contributed by atoms with Crippen LogP contribution in [0, 0.1) is 11.6 Å². The van der Waals surface area contributed by atoms with Crippen molar-refractivity contribution in [3.05, 3.63) is 46.3 Å². The number of hydrogen-bond acceptors (Lipinski definition) is 3. The molecule has 106 valence electrons. The average molecular weight is 343 g/mol. The van der Waals surface area contributed by atoms with Gasteiger partial charge in [-0.05, 0) is 28.1 Å². The van der Waals surface area contributed by atoms with Crippen LogP contribution in [0.25, 0.3) is 0 Å². The quantitative estimate of drug-likeness (QED) is 0.747. The predicted molar refractivity (Wildman–Crippen MR) is 74.9 cm³/mol. The smallest absolute Gasteiger partial charge is 0.223 e. The summed E-state index contributed by atoms with van der Waals surface area (Å²) in [6.07, 6.45) is 0. The molecule has 20 heavy (non-hydrogen) atoms. The van der Waals surface area contributed by atoms with Gasteiger partial charge < -0.3 is 4.74 Å². The molecule has 0 amide bonds. The van der Waals surface area contributed by atoms with Crippen LogP contribution in [-0.2, 0) is 5.41 Å². The molecular weight excluding hydrogens is 330 g/mol. The Morgan fingerprint density at radius 1 is 1.05 bits per heavy atom. The minimum atomic E-state index is -0.966. The van der Waals surface area contributed by atoms with E-state index in [1.54, 1.807) is 6.07 Å². The van der Waals surface area contributed by atoms with Gasteiger partial charge in [0.2, 0.25) is 5.88 Å². The van der Waals surface area contributed by atoms with E-state index in [4.69, 9.17) is 4.74 Å². The van der Waals surface area contributed by atoms with Crippen LogP contribution in [0.15, 0.2) is 28.9 Å². The van der Waals surface area contributed by atoms with Crippen molar-refractivity contribution in [1.29, 1.82) is 0 Å². The second kappa shape index (κ2) is 5.44. The molecule has 0 spiro atoms. The molecule has 0 aliphatic rings. The second-order valence-corrected chi connectivity index (χ2v) is 6.09. The lowest BCUT2D eigenvalue weighted by atomic mass is 9.96. The van der Waals surface area contributed by atoms with Gasteiger partial charge in [-0.2, -0.15) is 4.98 Å². The van der Waals surface area contributed by atoms with E-state index in [0.717, 1.165) is 12.1 Å². The van der Waals surface area contributed by atoms with Crippen LogP contribution in [0.2, 0.25) is 0 Å². The van der Waals surface area contributed by atoms with Gasteiger partial charge in [-0.25, -0.2) is 13.8 Å². The summed E-state index contributed by atoms with van der Waals surface area (Å²) < 4.78 is 32.0. The minimum absolute atomic E-state index is 0.175. The minimum Gasteiger partial charge on any atom is -0.439 e. The zero-order chi connectivity index (χ0) is 14.9. The van der Waals surface area contributed by atoms with Crippen molar-refractivity contribution in [1.82, 2.24) is 9.97 Å². The van der Waals surface area contributed by atoms with E-state index >= 15 is 0 Å². The molecule has 1 aromatic heterocycles. The van der Waals surface area contributed by atoms with Gasteiger partial charge in [0.1, 0.15) is 16.2 Å². The fraction of sp³-hybridized carbons (Fsp3) is 0.286. The molecular formula is C14H13BrF2N2O. The third-order valence-corrected chi connectivity index (χ3v) is 2.86. The van der Waals surface area contributed by atoms with Gasteiger partial charge in [-0.3, -0.25) is 0 Å². The molecule has 3 nitrogen and oxygen atoms in total. The van der Waals surface area contributed by atoms with Gasteiger partial charge in [0.15, 0.2) is 11.6 Å². The lowest BCUT2D eigenvalue weighted by molar-refractivity contribution is 0.434. The van der Waals surface area contributed by atoms with Gasteiger partial charge in [0.05, 0.1) is 0 Å². The third-order valence-electron chi connectivity index (χ3n) is 2.46. The Balaban J connectivity index is 2.33. The third kappa shape index (κ3) is 3.50. The fourth-order valence-corrected chi connectivity index (χ4v) is 1.81. The van der Waals surface area contributed by atoms with Crippen molar-refractivity contribution in [2.45, 2.75) is 26.2 Å². The Morgan fingerprint density at radius 2 is 1.75 bits per heavy atom. The zero-order valence-corrected chi connectivity index (χ0v) is 12.8. The number of ether oxygens (including phenoxy) is 1. The van der Waals surface area contributed by atoms with E-state index in [1.165, 1.54) is 6.07 Å². The normalized spacial score (nSPS) is 11.5. The molecule has 0 radical (unpaired) electrons. The summed E-state index contributed by atoms with van der Waals surface area (Å²) in [7, 11) is 0. The molecule has 1 aromatic carbocycles. The first-order chi connectivity index (χ1) is 9.25. The van der Waals surface area contributed by atoms with Gasteiger partial charge in [0, 0.05) is 17.5 Å². The Morgan fingerprint density at radius 3 is 2.35 bits per heavy atom. The Labute approximate surface area is 124 Å². The van der Waals surface area contributed by atoms with E-state index in [9.17, 15) is 8.78 Å². The molecule has 1 heterocycles. The number of rotatable bonds is 2. The molecule has 0 N–H and O–H groups in total. The first kappa shape index (κ1) is 14.8. The van der Waals surface area contributed by atoms with Crippen LogP contribution < -0.4 is 4.74 Å². The van der Waals surface area contributed by atoms with Crippen LogP contribution >= 0.6 is 15.9 Å². The standard InChI is InChI=1S/C14H13BrF2N2O/c1-14(2,3)13-18-11(15)7-12(19-13)20-8-4-5-9(16)10(17)6-8/h4-7H,1-3H3. The van der Waals surface area contributed by atoms with Gasteiger partial charge in [0.25, 0.3) is 0 Å². The second-order valence-electron chi connectivity index (χ2n) is 5.28. The molecule has 0 fully saturated rings. The summed E-state index contributed by atoms with van der Waals surface area (Å²) in [5.41, 5.74) is -0.254. The first-order valence-electron chi connectivity index (χ1n) is 5.94. The van der Waals surface area contributed by atoms with E-state index in [2.05, 4.69) is 25.9 Å². The van der Waals surface area contributed by atoms with Crippen molar-refractivity contribution in [2.75, 3.05) is 0 Å². The maximum Gasteiger partial charge on any atom is 0.223 e. The van der Waals surface area contributed by atoms with Crippen molar-refractivity contribution >= 4 is 15.9 Å². The number of aromatic nitrogens is 2. The van der Waals surface area contributed by atoms with Gasteiger partial charge in [-0.1, -0.05) is 20.8 Å². The number of benzene rings is 1. The molecule has 2 rings (SSSR count). The van der Waals surface area contributed by atoms with E-state index in [0.29, 0.717) is 10.4 Å². The molecule has 0 bridgehead atoms. The highest BCUT2D eigenvalue weighted by Gasteiger charge is 2.19. The summed E-state index contributed by atoms with van der Waals surface area (Å²) >= 11 is 3.28. The summed E-state index contributed by atoms with van der Waals surface area (Å²) in [4.78, 5) is 8.54. The van der Waals surface area contributed by atoms with Crippen molar-refractivity contribution in [3.8, 4) is 11.6 Å². The molecule has 0 saturated carbocycles. The molecule has 6 heteroatoms. The lowest BCUT2D eigenvalue weighted by Gasteiger charge is -2.17. The first-order valence-corrected chi connectivity index (χ1v) is 6.73. The molecule has 0 aliphatic heterocycles. The summed E-state index contributed by atoms with van der Waals surface area (Å²) in [5, 5.41) is 0. The lowest BCUT2D eigenvalue weighted by Crippen LogP contribution is -2.16. The highest BCUT2D eigenvalue weighted by atomic mass is 79.9. The zero-order valence-electron chi connectivity index (χ0n) is 11.2. The Bertz CT molecular complexity index is 642. The van der Waals surface area contributed by atoms with Crippen molar-refractivity contribution in [2.24, 2.45) is 0 Å². The van der Waals surface area contributed by atoms with E-state index in [1.807, 2.05) is 20.8 Å². The molecule has 0 atom stereocenters. The molecule has 0 aliphatic carbocycles. The van der Waals surface area contributed by atoms with Gasteiger partial charge >= 0.3 is 0 Å². The molecule has 2 aromatic rings. The Hall–Kier alpha value is -1.56. The maximum absolute atomic E-state index is 13.1. The van der Waals surface area contributed by atoms with E-state index in [-0.39, 0.29) is 17.0 Å². The van der Waals surface area contributed by atoms with Crippen molar-refractivity contribution in [3.63, 3.8) is 0 Å². The van der Waals surface area contributed by atoms with Crippen LogP contribution in [-0.4, -0.2) is 9.97 Å². The molecule has 0 saturated heterocycles. The monoisotopic (exact) mass is 342 g/mol. The summed E-state index contributed by atoms with van der Waals surface area (Å²) in [5.74, 6) is -0.857. The predicted octanol–water partition coefficient (Wildman–Crippen LogP) is 4.61. The van der Waals surface area contributed by atoms with Gasteiger partial charge in [-0.15, -0.1) is 0 Å². The Kier molecular flexibility index (Phi) is 4.04. The SMILES string of the molecule is CC(C)(C)c1nc(Br)cc(Oc2ccc(F)c(F)c2)n1. The fourth-order valence-electron chi connectivity index (χ4n) is 1.45. The van der Waals surface area contributed by atoms with Crippen LogP contribution in [0.5, 0.6) is 11.6 Å². The van der Waals surface area contributed by atoms with Crippen LogP contribution in [0.4, 0.5) is 8.78 Å². The number of halogens is 3. The number of hydrogen-bond donors (Lipinski definition) is 0. The molecule has 0 unspecified atom stereocenters.